The van der Waals surface area contributed by atoms with Gasteiger partial charge in [-0.1, -0.05) is 11.6 Å². The van der Waals surface area contributed by atoms with Gasteiger partial charge in [-0.25, -0.2) is 4.79 Å². The third-order valence-electron chi connectivity index (χ3n) is 2.01. The van der Waals surface area contributed by atoms with Gasteiger partial charge >= 0.3 is 5.97 Å². The van der Waals surface area contributed by atoms with Crippen LogP contribution in [0.3, 0.4) is 0 Å². The number of halogens is 1. The molecule has 1 rings (SSSR count). The largest absolute Gasteiger partial charge is 0.479 e. The van der Waals surface area contributed by atoms with Crippen molar-refractivity contribution in [1.29, 1.82) is 0 Å². The van der Waals surface area contributed by atoms with Gasteiger partial charge in [0.1, 0.15) is 0 Å². The van der Waals surface area contributed by atoms with E-state index in [1.807, 2.05) is 0 Å². The van der Waals surface area contributed by atoms with Crippen LogP contribution in [0.1, 0.15) is 16.8 Å². The van der Waals surface area contributed by atoms with Crippen molar-refractivity contribution in [2.75, 3.05) is 6.54 Å². The fourth-order valence-electron chi connectivity index (χ4n) is 1.10. The number of pyridine rings is 1. The minimum atomic E-state index is -1.48. The number of carbonyl (C=O) groups is 2. The number of carbonyl (C=O) groups excluding carboxylic acids is 1. The summed E-state index contributed by atoms with van der Waals surface area (Å²) in [6, 6.07) is 1.45. The Bertz CT molecular complexity index is 425. The maximum atomic E-state index is 11.6. The lowest BCUT2D eigenvalue weighted by Gasteiger charge is -2.07. The Morgan fingerprint density at radius 3 is 2.82 bits per heavy atom. The lowest BCUT2D eigenvalue weighted by molar-refractivity contribution is -0.146. The molecule has 1 aromatic rings. The molecule has 0 unspecified atom stereocenters. The van der Waals surface area contributed by atoms with Crippen molar-refractivity contribution < 1.29 is 19.8 Å². The molecule has 6 nitrogen and oxygen atoms in total. The summed E-state index contributed by atoms with van der Waals surface area (Å²) in [5.41, 5.74) is 0.256. The summed E-state index contributed by atoms with van der Waals surface area (Å²) in [6.45, 7) is 0.0466. The average molecular weight is 259 g/mol. The molecule has 0 spiro atoms. The Labute approximate surface area is 102 Å². The topological polar surface area (TPSA) is 99.5 Å². The van der Waals surface area contributed by atoms with Gasteiger partial charge in [-0.15, -0.1) is 0 Å². The number of carboxylic acid groups (broad SMARTS) is 1. The van der Waals surface area contributed by atoms with Crippen molar-refractivity contribution in [3.63, 3.8) is 0 Å². The highest BCUT2D eigenvalue weighted by molar-refractivity contribution is 6.33. The summed E-state index contributed by atoms with van der Waals surface area (Å²) in [7, 11) is 0. The van der Waals surface area contributed by atoms with Crippen LogP contribution in [0.15, 0.2) is 18.5 Å². The van der Waals surface area contributed by atoms with Gasteiger partial charge in [-0.3, -0.25) is 9.78 Å². The van der Waals surface area contributed by atoms with E-state index in [2.05, 4.69) is 10.3 Å². The van der Waals surface area contributed by atoms with E-state index in [1.165, 1.54) is 18.5 Å². The lowest BCUT2D eigenvalue weighted by Crippen LogP contribution is -2.30. The van der Waals surface area contributed by atoms with Gasteiger partial charge in [0.2, 0.25) is 0 Å². The maximum absolute atomic E-state index is 11.6. The molecule has 0 saturated carbocycles. The molecule has 0 saturated heterocycles. The first kappa shape index (κ1) is 13.4. The molecular weight excluding hydrogens is 248 g/mol. The standard InChI is InChI=1S/C10H11ClN2O4/c11-7-5-12-3-1-6(7)9(15)13-4-2-8(14)10(16)17/h1,3,5,8,14H,2,4H2,(H,13,15)(H,16,17)/t8-/m0/s1. The number of aliphatic hydroxyl groups is 1. The van der Waals surface area contributed by atoms with Crippen molar-refractivity contribution in [3.8, 4) is 0 Å². The van der Waals surface area contributed by atoms with Gasteiger partial charge in [0.05, 0.1) is 10.6 Å². The smallest absolute Gasteiger partial charge is 0.332 e. The first-order valence-electron chi connectivity index (χ1n) is 4.81. The van der Waals surface area contributed by atoms with Crippen LogP contribution in [0.2, 0.25) is 5.02 Å². The van der Waals surface area contributed by atoms with Gasteiger partial charge in [0.25, 0.3) is 5.91 Å². The summed E-state index contributed by atoms with van der Waals surface area (Å²) in [5, 5.41) is 20.1. The van der Waals surface area contributed by atoms with E-state index in [0.29, 0.717) is 0 Å². The number of aliphatic hydroxyl groups excluding tert-OH is 1. The Hall–Kier alpha value is -1.66. The summed E-state index contributed by atoms with van der Waals surface area (Å²) in [5.74, 6) is -1.75. The molecule has 92 valence electrons. The van der Waals surface area contributed by atoms with Crippen LogP contribution in [0.25, 0.3) is 0 Å². The number of amides is 1. The lowest BCUT2D eigenvalue weighted by atomic mass is 10.2. The summed E-state index contributed by atoms with van der Waals surface area (Å²) >= 11 is 5.74. The number of aromatic nitrogens is 1. The predicted molar refractivity (Wildman–Crippen MR) is 59.8 cm³/mol. The van der Waals surface area contributed by atoms with E-state index in [0.717, 1.165) is 0 Å². The molecule has 1 atom stereocenters. The van der Waals surface area contributed by atoms with Crippen LogP contribution < -0.4 is 5.32 Å². The molecule has 0 fully saturated rings. The highest BCUT2D eigenvalue weighted by Crippen LogP contribution is 2.12. The monoisotopic (exact) mass is 258 g/mol. The second-order valence-corrected chi connectivity index (χ2v) is 3.66. The van der Waals surface area contributed by atoms with E-state index in [1.54, 1.807) is 0 Å². The molecule has 0 aliphatic heterocycles. The van der Waals surface area contributed by atoms with E-state index >= 15 is 0 Å². The van der Waals surface area contributed by atoms with E-state index in [9.17, 15) is 9.59 Å². The number of carboxylic acids is 1. The molecule has 0 bridgehead atoms. The molecule has 0 aliphatic carbocycles. The highest BCUT2D eigenvalue weighted by atomic mass is 35.5. The molecule has 1 aromatic heterocycles. The number of aliphatic carboxylic acids is 1. The molecule has 7 heteroatoms. The fraction of sp³-hybridized carbons (Fsp3) is 0.300. The highest BCUT2D eigenvalue weighted by Gasteiger charge is 2.14. The zero-order chi connectivity index (χ0) is 12.8. The van der Waals surface area contributed by atoms with E-state index < -0.39 is 18.0 Å². The van der Waals surface area contributed by atoms with Gasteiger partial charge < -0.3 is 15.5 Å². The Balaban J connectivity index is 2.46. The van der Waals surface area contributed by atoms with E-state index in [4.69, 9.17) is 21.8 Å². The third-order valence-corrected chi connectivity index (χ3v) is 2.31. The minimum Gasteiger partial charge on any atom is -0.479 e. The van der Waals surface area contributed by atoms with Crippen LogP contribution in [-0.2, 0) is 4.79 Å². The van der Waals surface area contributed by atoms with Gasteiger partial charge in [-0.05, 0) is 6.07 Å². The second kappa shape index (κ2) is 6.17. The van der Waals surface area contributed by atoms with Gasteiger partial charge in [-0.2, -0.15) is 0 Å². The van der Waals surface area contributed by atoms with Crippen molar-refractivity contribution in [2.45, 2.75) is 12.5 Å². The molecule has 0 aromatic carbocycles. The first-order chi connectivity index (χ1) is 8.02. The van der Waals surface area contributed by atoms with Gasteiger partial charge in [0, 0.05) is 25.4 Å². The number of rotatable bonds is 5. The van der Waals surface area contributed by atoms with Crippen molar-refractivity contribution in [3.05, 3.63) is 29.0 Å². The van der Waals surface area contributed by atoms with Crippen molar-refractivity contribution in [1.82, 2.24) is 10.3 Å². The number of nitrogens with zero attached hydrogens (tertiary/aromatic N) is 1. The zero-order valence-electron chi connectivity index (χ0n) is 8.76. The molecular formula is C10H11ClN2O4. The van der Waals surface area contributed by atoms with Crippen molar-refractivity contribution in [2.24, 2.45) is 0 Å². The van der Waals surface area contributed by atoms with Crippen LogP contribution in [0, 0.1) is 0 Å². The fourth-order valence-corrected chi connectivity index (χ4v) is 1.31. The molecule has 0 radical (unpaired) electrons. The molecule has 17 heavy (non-hydrogen) atoms. The number of hydrogen-bond donors (Lipinski definition) is 3. The maximum Gasteiger partial charge on any atom is 0.332 e. The summed E-state index contributed by atoms with van der Waals surface area (Å²) < 4.78 is 0. The van der Waals surface area contributed by atoms with Crippen LogP contribution >= 0.6 is 11.6 Å². The first-order valence-corrected chi connectivity index (χ1v) is 5.18. The van der Waals surface area contributed by atoms with Crippen LogP contribution in [-0.4, -0.2) is 39.7 Å². The average Bonchev–Trinajstić information content (AvgIpc) is 2.29. The second-order valence-electron chi connectivity index (χ2n) is 3.25. The Morgan fingerprint density at radius 2 is 2.24 bits per heavy atom. The normalized spacial score (nSPS) is 11.9. The zero-order valence-corrected chi connectivity index (χ0v) is 9.52. The van der Waals surface area contributed by atoms with E-state index in [-0.39, 0.29) is 23.6 Å². The minimum absolute atomic E-state index is 0.0466. The SMILES string of the molecule is O=C(NCC[C@H](O)C(=O)O)c1ccncc1Cl. The summed E-state index contributed by atoms with van der Waals surface area (Å²) in [6.07, 6.45) is 1.21. The molecule has 1 heterocycles. The number of hydrogen-bond acceptors (Lipinski definition) is 4. The number of nitrogens with one attached hydrogen (secondary N) is 1. The van der Waals surface area contributed by atoms with Crippen molar-refractivity contribution >= 4 is 23.5 Å². The summed E-state index contributed by atoms with van der Waals surface area (Å²) in [4.78, 5) is 25.6. The third kappa shape index (κ3) is 4.01. The Kier molecular flexibility index (Phi) is 4.86. The van der Waals surface area contributed by atoms with Crippen LogP contribution in [0.5, 0.6) is 0 Å². The Morgan fingerprint density at radius 1 is 1.53 bits per heavy atom. The van der Waals surface area contributed by atoms with Gasteiger partial charge in [0.15, 0.2) is 6.10 Å². The molecule has 0 aliphatic rings. The molecule has 3 N–H and O–H groups in total. The quantitative estimate of drug-likeness (QED) is 0.705. The van der Waals surface area contributed by atoms with Crippen LogP contribution in [0.4, 0.5) is 0 Å². The predicted octanol–water partition coefficient (Wildman–Crippen LogP) is 0.300. The molecule has 1 amide bonds.